The molecule has 1 aromatic heterocycles. The average molecular weight is 202 g/mol. The van der Waals surface area contributed by atoms with E-state index < -0.39 is 0 Å². The summed E-state index contributed by atoms with van der Waals surface area (Å²) < 4.78 is 5.59. The minimum Gasteiger partial charge on any atom is -0.464 e. The van der Waals surface area contributed by atoms with Gasteiger partial charge in [-0.25, -0.2) is 0 Å². The van der Waals surface area contributed by atoms with E-state index in [1.165, 1.54) is 10.9 Å². The first-order valence-corrected chi connectivity index (χ1v) is 5.50. The molecule has 0 aliphatic heterocycles. The highest BCUT2D eigenvalue weighted by Gasteiger charge is 2.27. The summed E-state index contributed by atoms with van der Waals surface area (Å²) in [7, 11) is 0. The van der Waals surface area contributed by atoms with Crippen molar-refractivity contribution in [2.24, 2.45) is 5.92 Å². The second-order valence-electron chi connectivity index (χ2n) is 5.02. The van der Waals surface area contributed by atoms with Crippen molar-refractivity contribution < 1.29 is 4.42 Å². The van der Waals surface area contributed by atoms with Gasteiger partial charge in [-0.2, -0.15) is 0 Å². The lowest BCUT2D eigenvalue weighted by Crippen LogP contribution is -2.24. The molecular formula is C14H18O. The molecule has 0 saturated carbocycles. The largest absolute Gasteiger partial charge is 0.464 e. The Bertz CT molecular complexity index is 463. The van der Waals surface area contributed by atoms with Crippen LogP contribution in [0.3, 0.4) is 0 Å². The van der Waals surface area contributed by atoms with Gasteiger partial charge in [0.25, 0.3) is 0 Å². The summed E-state index contributed by atoms with van der Waals surface area (Å²) in [6.45, 7) is 9.05. The zero-order valence-corrected chi connectivity index (χ0v) is 9.87. The van der Waals surface area contributed by atoms with Crippen LogP contribution in [0.4, 0.5) is 0 Å². The second kappa shape index (κ2) is 3.41. The Labute approximate surface area is 91.1 Å². The maximum absolute atomic E-state index is 5.59. The van der Waals surface area contributed by atoms with Crippen molar-refractivity contribution >= 4 is 11.0 Å². The molecule has 2 aromatic rings. The van der Waals surface area contributed by atoms with Crippen LogP contribution >= 0.6 is 0 Å². The van der Waals surface area contributed by atoms with Gasteiger partial charge in [0.2, 0.25) is 0 Å². The smallest absolute Gasteiger partial charge is 0.137 e. The van der Waals surface area contributed by atoms with E-state index in [1.54, 1.807) is 6.26 Å². The van der Waals surface area contributed by atoms with Gasteiger partial charge in [0.15, 0.2) is 0 Å². The highest BCUT2D eigenvalue weighted by molar-refractivity contribution is 5.81. The molecule has 1 aromatic carbocycles. The van der Waals surface area contributed by atoms with Crippen LogP contribution in [0.2, 0.25) is 0 Å². The number of fused-ring (bicyclic) bond motifs is 1. The molecule has 1 heteroatoms. The number of hydrogen-bond donors (Lipinski definition) is 0. The predicted octanol–water partition coefficient (Wildman–Crippen LogP) is 4.37. The van der Waals surface area contributed by atoms with Crippen molar-refractivity contribution in [1.82, 2.24) is 0 Å². The Balaban J connectivity index is 2.65. The molecule has 15 heavy (non-hydrogen) atoms. The maximum atomic E-state index is 5.59. The van der Waals surface area contributed by atoms with E-state index in [4.69, 9.17) is 4.42 Å². The van der Waals surface area contributed by atoms with Gasteiger partial charge in [0.1, 0.15) is 5.58 Å². The quantitative estimate of drug-likeness (QED) is 0.705. The van der Waals surface area contributed by atoms with Crippen LogP contribution in [0, 0.1) is 5.92 Å². The third-order valence-electron chi connectivity index (χ3n) is 3.62. The normalized spacial score (nSPS) is 12.6. The van der Waals surface area contributed by atoms with Crippen molar-refractivity contribution in [2.45, 2.75) is 33.1 Å². The lowest BCUT2D eigenvalue weighted by molar-refractivity contribution is 0.370. The van der Waals surface area contributed by atoms with Crippen LogP contribution in [0.5, 0.6) is 0 Å². The number of furan rings is 1. The highest BCUT2D eigenvalue weighted by Crippen LogP contribution is 2.36. The van der Waals surface area contributed by atoms with Crippen LogP contribution < -0.4 is 0 Å². The lowest BCUT2D eigenvalue weighted by atomic mass is 9.75. The standard InChI is InChI=1S/C14H18O/c1-10(2)14(3,4)12-7-5-6-11-8-9-15-13(11)12/h5-10H,1-4H3. The average Bonchev–Trinajstić information content (AvgIpc) is 2.64. The number of para-hydroxylation sites is 1. The third kappa shape index (κ3) is 1.56. The van der Waals surface area contributed by atoms with E-state index in [0.717, 1.165) is 5.58 Å². The summed E-state index contributed by atoms with van der Waals surface area (Å²) in [4.78, 5) is 0. The Morgan fingerprint density at radius 1 is 1.13 bits per heavy atom. The first kappa shape index (κ1) is 10.3. The van der Waals surface area contributed by atoms with E-state index in [2.05, 4.69) is 45.9 Å². The SMILES string of the molecule is CC(C)C(C)(C)c1cccc2ccoc12. The topological polar surface area (TPSA) is 13.1 Å². The Hall–Kier alpha value is -1.24. The maximum Gasteiger partial charge on any atom is 0.137 e. The Kier molecular flexibility index (Phi) is 2.34. The zero-order chi connectivity index (χ0) is 11.1. The first-order chi connectivity index (χ1) is 7.03. The fraction of sp³-hybridized carbons (Fsp3) is 0.429. The van der Waals surface area contributed by atoms with Crippen LogP contribution in [0.1, 0.15) is 33.3 Å². The zero-order valence-electron chi connectivity index (χ0n) is 9.87. The summed E-state index contributed by atoms with van der Waals surface area (Å²) in [5.74, 6) is 0.591. The van der Waals surface area contributed by atoms with Crippen LogP contribution in [0.25, 0.3) is 11.0 Å². The number of benzene rings is 1. The highest BCUT2D eigenvalue weighted by atomic mass is 16.3. The van der Waals surface area contributed by atoms with E-state index in [-0.39, 0.29) is 5.41 Å². The second-order valence-corrected chi connectivity index (χ2v) is 5.02. The minimum atomic E-state index is 0.150. The number of hydrogen-bond acceptors (Lipinski definition) is 1. The first-order valence-electron chi connectivity index (χ1n) is 5.50. The van der Waals surface area contributed by atoms with Crippen molar-refractivity contribution in [3.8, 4) is 0 Å². The van der Waals surface area contributed by atoms with Gasteiger partial charge in [-0.15, -0.1) is 0 Å². The summed E-state index contributed by atoms with van der Waals surface area (Å²) in [6.07, 6.45) is 1.77. The minimum absolute atomic E-state index is 0.150. The van der Waals surface area contributed by atoms with Gasteiger partial charge >= 0.3 is 0 Å². The molecule has 0 spiro atoms. The van der Waals surface area contributed by atoms with Crippen LogP contribution in [0.15, 0.2) is 34.9 Å². The van der Waals surface area contributed by atoms with Crippen molar-refractivity contribution in [1.29, 1.82) is 0 Å². The molecule has 0 N–H and O–H groups in total. The molecule has 1 heterocycles. The predicted molar refractivity (Wildman–Crippen MR) is 64.1 cm³/mol. The molecule has 0 bridgehead atoms. The van der Waals surface area contributed by atoms with Crippen molar-refractivity contribution in [3.63, 3.8) is 0 Å². The van der Waals surface area contributed by atoms with Gasteiger partial charge in [-0.1, -0.05) is 45.9 Å². The summed E-state index contributed by atoms with van der Waals surface area (Å²) in [5.41, 5.74) is 2.49. The molecular weight excluding hydrogens is 184 g/mol. The number of rotatable bonds is 2. The fourth-order valence-corrected chi connectivity index (χ4v) is 1.81. The Morgan fingerprint density at radius 3 is 2.53 bits per heavy atom. The van der Waals surface area contributed by atoms with E-state index in [1.807, 2.05) is 6.07 Å². The lowest BCUT2D eigenvalue weighted by Gasteiger charge is -2.29. The van der Waals surface area contributed by atoms with Gasteiger partial charge in [-0.3, -0.25) is 0 Å². The molecule has 80 valence electrons. The third-order valence-corrected chi connectivity index (χ3v) is 3.62. The summed E-state index contributed by atoms with van der Waals surface area (Å²) in [6, 6.07) is 8.40. The van der Waals surface area contributed by atoms with Crippen LogP contribution in [-0.2, 0) is 5.41 Å². The van der Waals surface area contributed by atoms with E-state index in [0.29, 0.717) is 5.92 Å². The molecule has 0 unspecified atom stereocenters. The summed E-state index contributed by atoms with van der Waals surface area (Å²) in [5, 5.41) is 1.20. The molecule has 0 radical (unpaired) electrons. The molecule has 1 nitrogen and oxygen atoms in total. The van der Waals surface area contributed by atoms with Gasteiger partial charge in [-0.05, 0) is 17.4 Å². The van der Waals surface area contributed by atoms with Gasteiger partial charge in [0, 0.05) is 10.9 Å². The van der Waals surface area contributed by atoms with Crippen LogP contribution in [-0.4, -0.2) is 0 Å². The molecule has 0 atom stereocenters. The van der Waals surface area contributed by atoms with E-state index in [9.17, 15) is 0 Å². The van der Waals surface area contributed by atoms with Crippen molar-refractivity contribution in [2.75, 3.05) is 0 Å². The van der Waals surface area contributed by atoms with Crippen molar-refractivity contribution in [3.05, 3.63) is 36.1 Å². The van der Waals surface area contributed by atoms with Gasteiger partial charge in [0.05, 0.1) is 6.26 Å². The summed E-state index contributed by atoms with van der Waals surface area (Å²) >= 11 is 0. The van der Waals surface area contributed by atoms with E-state index >= 15 is 0 Å². The Morgan fingerprint density at radius 2 is 1.87 bits per heavy atom. The molecule has 0 aliphatic carbocycles. The van der Waals surface area contributed by atoms with Gasteiger partial charge < -0.3 is 4.42 Å². The molecule has 2 rings (SSSR count). The fourth-order valence-electron chi connectivity index (χ4n) is 1.81. The molecule has 0 saturated heterocycles. The monoisotopic (exact) mass is 202 g/mol. The molecule has 0 aliphatic rings. The molecule has 0 fully saturated rings. The molecule has 0 amide bonds.